The number of hydrogen-bond donors (Lipinski definition) is 0. The topological polar surface area (TPSA) is 29.5 Å². The van der Waals surface area contributed by atoms with Crippen LogP contribution in [0.4, 0.5) is 4.79 Å². The van der Waals surface area contributed by atoms with Crippen molar-refractivity contribution in [2.24, 2.45) is 28.1 Å². The molecule has 1 saturated heterocycles. The maximum atomic E-state index is 12.6. The van der Waals surface area contributed by atoms with Gasteiger partial charge in [-0.1, -0.05) is 48.0 Å². The van der Waals surface area contributed by atoms with Gasteiger partial charge in [0.2, 0.25) is 0 Å². The molecule has 2 bridgehead atoms. The van der Waals surface area contributed by atoms with Gasteiger partial charge in [-0.25, -0.2) is 4.79 Å². The number of carbonyl (C=O) groups excluding carboxylic acids is 1. The molecule has 1 aliphatic heterocycles. The standard InChI is InChI=1S/C21H39NO2/c1-10-20(8,9)21(18(2,3)4)15-11-12-16(21)14-22(13-15)17(23)24-19(5,6)7/h15-16H,10-14H2,1-9H3. The van der Waals surface area contributed by atoms with E-state index in [4.69, 9.17) is 4.74 Å². The summed E-state index contributed by atoms with van der Waals surface area (Å²) in [6.45, 7) is 22.0. The maximum Gasteiger partial charge on any atom is 0.410 e. The molecule has 0 aromatic rings. The fourth-order valence-electron chi connectivity index (χ4n) is 6.38. The number of rotatable bonds is 2. The van der Waals surface area contributed by atoms with Crippen molar-refractivity contribution in [3.63, 3.8) is 0 Å². The van der Waals surface area contributed by atoms with E-state index in [1.807, 2.05) is 25.7 Å². The van der Waals surface area contributed by atoms with Crippen molar-refractivity contribution >= 4 is 6.09 Å². The molecule has 0 aromatic heterocycles. The number of fused-ring (bicyclic) bond motifs is 2. The quantitative estimate of drug-likeness (QED) is 0.644. The van der Waals surface area contributed by atoms with Crippen LogP contribution in [0.15, 0.2) is 0 Å². The molecule has 2 fully saturated rings. The molecule has 2 rings (SSSR count). The lowest BCUT2D eigenvalue weighted by Gasteiger charge is -2.62. The molecular formula is C21H39NO2. The zero-order valence-corrected chi connectivity index (χ0v) is 17.5. The third-order valence-electron chi connectivity index (χ3n) is 6.93. The summed E-state index contributed by atoms with van der Waals surface area (Å²) in [5.74, 6) is 1.14. The number of ether oxygens (including phenoxy) is 1. The predicted octanol–water partition coefficient (Wildman–Crippen LogP) is 5.73. The summed E-state index contributed by atoms with van der Waals surface area (Å²) in [4.78, 5) is 14.6. The molecule has 1 amide bonds. The first-order chi connectivity index (χ1) is 10.8. The van der Waals surface area contributed by atoms with E-state index < -0.39 is 5.60 Å². The maximum absolute atomic E-state index is 12.6. The zero-order valence-electron chi connectivity index (χ0n) is 17.5. The Morgan fingerprint density at radius 3 is 1.79 bits per heavy atom. The molecule has 2 aliphatic rings. The normalized spacial score (nSPS) is 31.3. The van der Waals surface area contributed by atoms with E-state index in [0.29, 0.717) is 11.8 Å². The van der Waals surface area contributed by atoms with E-state index in [-0.39, 0.29) is 22.3 Å². The molecule has 1 aliphatic carbocycles. The minimum Gasteiger partial charge on any atom is -0.444 e. The van der Waals surface area contributed by atoms with Gasteiger partial charge in [0.25, 0.3) is 0 Å². The molecule has 0 radical (unpaired) electrons. The van der Waals surface area contributed by atoms with Gasteiger partial charge in [-0.05, 0) is 61.7 Å². The van der Waals surface area contributed by atoms with Gasteiger partial charge in [0.1, 0.15) is 5.60 Å². The molecule has 0 N–H and O–H groups in total. The van der Waals surface area contributed by atoms with Gasteiger partial charge in [-0.15, -0.1) is 0 Å². The van der Waals surface area contributed by atoms with Crippen LogP contribution in [0.3, 0.4) is 0 Å². The van der Waals surface area contributed by atoms with Gasteiger partial charge in [-0.3, -0.25) is 0 Å². The van der Waals surface area contributed by atoms with E-state index in [1.165, 1.54) is 19.3 Å². The smallest absolute Gasteiger partial charge is 0.410 e. The number of hydrogen-bond acceptors (Lipinski definition) is 2. The zero-order chi connectivity index (χ0) is 18.6. The monoisotopic (exact) mass is 337 g/mol. The highest BCUT2D eigenvalue weighted by Crippen LogP contribution is 2.69. The third-order valence-corrected chi connectivity index (χ3v) is 6.93. The molecule has 2 unspecified atom stereocenters. The van der Waals surface area contributed by atoms with Gasteiger partial charge in [0.05, 0.1) is 0 Å². The fraction of sp³-hybridized carbons (Fsp3) is 0.952. The molecular weight excluding hydrogens is 298 g/mol. The van der Waals surface area contributed by atoms with Crippen molar-refractivity contribution in [2.45, 2.75) is 87.2 Å². The van der Waals surface area contributed by atoms with E-state index in [1.54, 1.807) is 0 Å². The lowest BCUT2D eigenvalue weighted by atomic mass is 9.44. The number of nitrogens with zero attached hydrogens (tertiary/aromatic N) is 1. The Kier molecular flexibility index (Phi) is 4.83. The van der Waals surface area contributed by atoms with Crippen molar-refractivity contribution < 1.29 is 9.53 Å². The Balaban J connectivity index is 2.33. The van der Waals surface area contributed by atoms with Gasteiger partial charge in [0, 0.05) is 13.1 Å². The van der Waals surface area contributed by atoms with Gasteiger partial charge >= 0.3 is 6.09 Å². The highest BCUT2D eigenvalue weighted by atomic mass is 16.6. The molecule has 1 heterocycles. The molecule has 0 aromatic carbocycles. The van der Waals surface area contributed by atoms with E-state index in [0.717, 1.165) is 13.1 Å². The third kappa shape index (κ3) is 2.97. The second-order valence-corrected chi connectivity index (χ2v) is 10.7. The molecule has 2 atom stereocenters. The van der Waals surface area contributed by atoms with Crippen LogP contribution >= 0.6 is 0 Å². The van der Waals surface area contributed by atoms with Crippen LogP contribution < -0.4 is 0 Å². The summed E-state index contributed by atoms with van der Waals surface area (Å²) >= 11 is 0. The second-order valence-electron chi connectivity index (χ2n) is 10.7. The molecule has 140 valence electrons. The van der Waals surface area contributed by atoms with E-state index in [9.17, 15) is 4.79 Å². The summed E-state index contributed by atoms with van der Waals surface area (Å²) in [6.07, 6.45) is 3.54. The summed E-state index contributed by atoms with van der Waals surface area (Å²) in [6, 6.07) is 0. The Morgan fingerprint density at radius 1 is 1.00 bits per heavy atom. The van der Waals surface area contributed by atoms with Crippen LogP contribution in [0.5, 0.6) is 0 Å². The van der Waals surface area contributed by atoms with Crippen molar-refractivity contribution in [1.29, 1.82) is 0 Å². The highest BCUT2D eigenvalue weighted by molar-refractivity contribution is 5.68. The largest absolute Gasteiger partial charge is 0.444 e. The predicted molar refractivity (Wildman–Crippen MR) is 100.0 cm³/mol. The summed E-state index contributed by atoms with van der Waals surface area (Å²) in [7, 11) is 0. The summed E-state index contributed by atoms with van der Waals surface area (Å²) < 4.78 is 5.65. The van der Waals surface area contributed by atoms with E-state index >= 15 is 0 Å². The number of amides is 1. The minimum absolute atomic E-state index is 0.129. The lowest BCUT2D eigenvalue weighted by Crippen LogP contribution is -2.62. The van der Waals surface area contributed by atoms with Crippen LogP contribution in [0, 0.1) is 28.1 Å². The molecule has 3 nitrogen and oxygen atoms in total. The Morgan fingerprint density at radius 2 is 1.46 bits per heavy atom. The minimum atomic E-state index is -0.419. The van der Waals surface area contributed by atoms with Crippen LogP contribution in [0.1, 0.15) is 81.6 Å². The van der Waals surface area contributed by atoms with Crippen molar-refractivity contribution in [3.05, 3.63) is 0 Å². The average Bonchev–Trinajstić information content (AvgIpc) is 2.63. The first kappa shape index (κ1) is 19.6. The van der Waals surface area contributed by atoms with Crippen LogP contribution in [-0.2, 0) is 4.74 Å². The number of likely N-dealkylation sites (tertiary alicyclic amines) is 1. The molecule has 0 spiro atoms. The molecule has 24 heavy (non-hydrogen) atoms. The van der Waals surface area contributed by atoms with Crippen molar-refractivity contribution in [1.82, 2.24) is 4.90 Å². The van der Waals surface area contributed by atoms with Crippen LogP contribution in [0.25, 0.3) is 0 Å². The fourth-order valence-corrected chi connectivity index (χ4v) is 6.38. The van der Waals surface area contributed by atoms with E-state index in [2.05, 4.69) is 41.5 Å². The highest BCUT2D eigenvalue weighted by Gasteiger charge is 2.65. The molecule has 3 heteroatoms. The van der Waals surface area contributed by atoms with Crippen LogP contribution in [0.2, 0.25) is 0 Å². The average molecular weight is 338 g/mol. The Hall–Kier alpha value is -0.730. The first-order valence-electron chi connectivity index (χ1n) is 9.74. The molecule has 1 saturated carbocycles. The SMILES string of the molecule is CCC(C)(C)C1(C(C)(C)C)C2CCC1CN(C(=O)OC(C)(C)C)C2. The lowest BCUT2D eigenvalue weighted by molar-refractivity contribution is -0.147. The van der Waals surface area contributed by atoms with Crippen molar-refractivity contribution in [2.75, 3.05) is 13.1 Å². The van der Waals surface area contributed by atoms with Gasteiger partial charge < -0.3 is 9.64 Å². The number of carbonyl (C=O) groups is 1. The Labute approximate surface area is 149 Å². The Bertz CT molecular complexity index is 467. The van der Waals surface area contributed by atoms with Crippen molar-refractivity contribution in [3.8, 4) is 0 Å². The second kappa shape index (κ2) is 5.92. The first-order valence-corrected chi connectivity index (χ1v) is 9.74. The summed E-state index contributed by atoms with van der Waals surface area (Å²) in [5, 5.41) is 0. The van der Waals surface area contributed by atoms with Gasteiger partial charge in [-0.2, -0.15) is 0 Å². The summed E-state index contributed by atoms with van der Waals surface area (Å²) in [5.41, 5.74) is 0.375. The van der Waals surface area contributed by atoms with Gasteiger partial charge in [0.15, 0.2) is 0 Å². The number of piperidine rings is 1. The van der Waals surface area contributed by atoms with Crippen LogP contribution in [-0.4, -0.2) is 29.7 Å².